The molecule has 126 valence electrons. The van der Waals surface area contributed by atoms with Crippen LogP contribution in [-0.4, -0.2) is 27.1 Å². The molecular weight excluding hydrogens is 304 g/mol. The topological polar surface area (TPSA) is 44.8 Å². The number of hydrogen-bond donors (Lipinski definition) is 0. The Morgan fingerprint density at radius 2 is 1.50 bits per heavy atom. The summed E-state index contributed by atoms with van der Waals surface area (Å²) in [7, 11) is 4.58. The summed E-state index contributed by atoms with van der Waals surface area (Å²) in [5.74, 6) is 1.25. The van der Waals surface area contributed by atoms with E-state index in [1.807, 2.05) is 25.1 Å². The number of rotatable bonds is 6. The number of aryl methyl sites for hydroxylation is 2. The molecule has 0 N–H and O–H groups in total. The van der Waals surface area contributed by atoms with Crippen LogP contribution in [0.4, 0.5) is 0 Å². The lowest BCUT2D eigenvalue weighted by atomic mass is 10.0. The van der Waals surface area contributed by atoms with Gasteiger partial charge in [-0.3, -0.25) is 4.79 Å². The molecule has 4 heteroatoms. The molecule has 2 rings (SSSR count). The molecule has 0 radical (unpaired) electrons. The smallest absolute Gasteiger partial charge is 0.203 e. The van der Waals surface area contributed by atoms with Gasteiger partial charge in [-0.05, 0) is 48.7 Å². The van der Waals surface area contributed by atoms with Crippen molar-refractivity contribution in [3.05, 3.63) is 58.7 Å². The normalized spacial score (nSPS) is 10.7. The van der Waals surface area contributed by atoms with Crippen LogP contribution in [0, 0.1) is 13.8 Å². The predicted octanol–water partition coefficient (Wildman–Crippen LogP) is 4.23. The summed E-state index contributed by atoms with van der Waals surface area (Å²) >= 11 is 0. The first-order chi connectivity index (χ1) is 11.5. The van der Waals surface area contributed by atoms with Gasteiger partial charge in [0.25, 0.3) is 0 Å². The van der Waals surface area contributed by atoms with Gasteiger partial charge in [-0.2, -0.15) is 0 Å². The standard InChI is InChI=1S/C20H22O4/c1-13-6-7-15(10-14(13)2)8-9-17(21)16-11-18(22-3)20(24-5)19(12-16)23-4/h6-12H,1-5H3/b9-8+. The van der Waals surface area contributed by atoms with Crippen molar-refractivity contribution >= 4 is 11.9 Å². The molecule has 0 aromatic heterocycles. The molecule has 2 aromatic rings. The first-order valence-electron chi connectivity index (χ1n) is 7.59. The Balaban J connectivity index is 2.32. The Labute approximate surface area is 142 Å². The van der Waals surface area contributed by atoms with Crippen LogP contribution in [0.2, 0.25) is 0 Å². The van der Waals surface area contributed by atoms with Gasteiger partial charge in [0.05, 0.1) is 21.3 Å². The monoisotopic (exact) mass is 326 g/mol. The zero-order valence-corrected chi connectivity index (χ0v) is 14.7. The minimum Gasteiger partial charge on any atom is -0.493 e. The van der Waals surface area contributed by atoms with Gasteiger partial charge in [0.2, 0.25) is 5.75 Å². The number of hydrogen-bond acceptors (Lipinski definition) is 4. The zero-order chi connectivity index (χ0) is 17.7. The number of ketones is 1. The lowest BCUT2D eigenvalue weighted by Crippen LogP contribution is -2.00. The molecule has 4 nitrogen and oxygen atoms in total. The minimum absolute atomic E-state index is 0.132. The lowest BCUT2D eigenvalue weighted by Gasteiger charge is -2.13. The maximum absolute atomic E-state index is 12.5. The quantitative estimate of drug-likeness (QED) is 0.589. The molecule has 0 fully saturated rings. The molecule has 2 aromatic carbocycles. The van der Waals surface area contributed by atoms with E-state index in [9.17, 15) is 4.79 Å². The third-order valence-electron chi connectivity index (χ3n) is 3.91. The zero-order valence-electron chi connectivity index (χ0n) is 14.7. The fourth-order valence-electron chi connectivity index (χ4n) is 2.36. The fourth-order valence-corrected chi connectivity index (χ4v) is 2.36. The van der Waals surface area contributed by atoms with E-state index in [-0.39, 0.29) is 5.78 Å². The molecule has 0 amide bonds. The molecule has 0 aliphatic carbocycles. The summed E-state index contributed by atoms with van der Waals surface area (Å²) in [4.78, 5) is 12.5. The summed E-state index contributed by atoms with van der Waals surface area (Å²) in [6.07, 6.45) is 3.35. The summed E-state index contributed by atoms with van der Waals surface area (Å²) in [6, 6.07) is 9.37. The number of carbonyl (C=O) groups is 1. The van der Waals surface area contributed by atoms with Crippen molar-refractivity contribution in [1.29, 1.82) is 0 Å². The van der Waals surface area contributed by atoms with Crippen molar-refractivity contribution in [3.63, 3.8) is 0 Å². The fraction of sp³-hybridized carbons (Fsp3) is 0.250. The average Bonchev–Trinajstić information content (AvgIpc) is 2.60. The van der Waals surface area contributed by atoms with E-state index >= 15 is 0 Å². The van der Waals surface area contributed by atoms with Gasteiger partial charge >= 0.3 is 0 Å². The van der Waals surface area contributed by atoms with Gasteiger partial charge in [0.1, 0.15) is 0 Å². The third-order valence-corrected chi connectivity index (χ3v) is 3.91. The number of ether oxygens (including phenoxy) is 3. The Morgan fingerprint density at radius 3 is 2.00 bits per heavy atom. The summed E-state index contributed by atoms with van der Waals surface area (Å²) in [5, 5.41) is 0. The van der Waals surface area contributed by atoms with Crippen LogP contribution >= 0.6 is 0 Å². The second-order valence-electron chi connectivity index (χ2n) is 5.46. The number of allylic oxidation sites excluding steroid dienone is 1. The maximum atomic E-state index is 12.5. The van der Waals surface area contributed by atoms with Gasteiger partial charge in [-0.1, -0.05) is 24.3 Å². The van der Waals surface area contributed by atoms with Gasteiger partial charge in [0, 0.05) is 5.56 Å². The first kappa shape index (κ1) is 17.6. The van der Waals surface area contributed by atoms with Crippen LogP contribution in [0.25, 0.3) is 6.08 Å². The highest BCUT2D eigenvalue weighted by Gasteiger charge is 2.15. The SMILES string of the molecule is COc1cc(C(=O)/C=C/c2ccc(C)c(C)c2)cc(OC)c1OC. The number of carbonyl (C=O) groups excluding carboxylic acids is 1. The summed E-state index contributed by atoms with van der Waals surface area (Å²) in [5.41, 5.74) is 3.88. The van der Waals surface area contributed by atoms with Gasteiger partial charge < -0.3 is 14.2 Å². The van der Waals surface area contributed by atoms with Crippen molar-refractivity contribution in [2.45, 2.75) is 13.8 Å². The Hall–Kier alpha value is -2.75. The van der Waals surface area contributed by atoms with Crippen molar-refractivity contribution in [1.82, 2.24) is 0 Å². The molecule has 0 aliphatic rings. The van der Waals surface area contributed by atoms with Crippen LogP contribution < -0.4 is 14.2 Å². The molecular formula is C20H22O4. The van der Waals surface area contributed by atoms with Crippen molar-refractivity contribution < 1.29 is 19.0 Å². The van der Waals surface area contributed by atoms with E-state index in [0.717, 1.165) is 5.56 Å². The van der Waals surface area contributed by atoms with E-state index in [1.54, 1.807) is 24.3 Å². The largest absolute Gasteiger partial charge is 0.493 e. The summed E-state index contributed by atoms with van der Waals surface area (Å²) < 4.78 is 15.8. The molecule has 0 atom stereocenters. The Kier molecular flexibility index (Phi) is 5.64. The molecule has 0 saturated heterocycles. The third kappa shape index (κ3) is 3.77. The minimum atomic E-state index is -0.132. The van der Waals surface area contributed by atoms with Crippen molar-refractivity contribution in [3.8, 4) is 17.2 Å². The van der Waals surface area contributed by atoms with E-state index in [0.29, 0.717) is 22.8 Å². The second kappa shape index (κ2) is 7.68. The molecule has 0 spiro atoms. The van der Waals surface area contributed by atoms with Crippen LogP contribution in [0.15, 0.2) is 36.4 Å². The van der Waals surface area contributed by atoms with Gasteiger partial charge in [-0.15, -0.1) is 0 Å². The molecule has 0 heterocycles. The van der Waals surface area contributed by atoms with Crippen LogP contribution in [-0.2, 0) is 0 Å². The highest BCUT2D eigenvalue weighted by atomic mass is 16.5. The second-order valence-corrected chi connectivity index (χ2v) is 5.46. The lowest BCUT2D eigenvalue weighted by molar-refractivity contribution is 0.104. The summed E-state index contributed by atoms with van der Waals surface area (Å²) in [6.45, 7) is 4.11. The van der Waals surface area contributed by atoms with Crippen molar-refractivity contribution in [2.24, 2.45) is 0 Å². The highest BCUT2D eigenvalue weighted by Crippen LogP contribution is 2.38. The van der Waals surface area contributed by atoms with E-state index in [4.69, 9.17) is 14.2 Å². The van der Waals surface area contributed by atoms with Crippen LogP contribution in [0.5, 0.6) is 17.2 Å². The van der Waals surface area contributed by atoms with E-state index in [1.165, 1.54) is 32.5 Å². The first-order valence-corrected chi connectivity index (χ1v) is 7.59. The average molecular weight is 326 g/mol. The molecule has 0 bridgehead atoms. The van der Waals surface area contributed by atoms with Gasteiger partial charge in [0.15, 0.2) is 17.3 Å². The molecule has 0 saturated carbocycles. The Morgan fingerprint density at radius 1 is 0.875 bits per heavy atom. The van der Waals surface area contributed by atoms with Crippen LogP contribution in [0.1, 0.15) is 27.0 Å². The number of methoxy groups -OCH3 is 3. The van der Waals surface area contributed by atoms with Crippen molar-refractivity contribution in [2.75, 3.05) is 21.3 Å². The number of benzene rings is 2. The van der Waals surface area contributed by atoms with E-state index < -0.39 is 0 Å². The highest BCUT2D eigenvalue weighted by molar-refractivity contribution is 6.07. The maximum Gasteiger partial charge on any atom is 0.203 e. The molecule has 24 heavy (non-hydrogen) atoms. The van der Waals surface area contributed by atoms with Crippen LogP contribution in [0.3, 0.4) is 0 Å². The van der Waals surface area contributed by atoms with Gasteiger partial charge in [-0.25, -0.2) is 0 Å². The molecule has 0 aliphatic heterocycles. The Bertz CT molecular complexity index is 750. The van der Waals surface area contributed by atoms with E-state index in [2.05, 4.69) is 6.92 Å². The molecule has 0 unspecified atom stereocenters. The predicted molar refractivity (Wildman–Crippen MR) is 95.4 cm³/mol.